The Balaban J connectivity index is 1.85. The summed E-state index contributed by atoms with van der Waals surface area (Å²) >= 11 is 1.20. The third-order valence-electron chi connectivity index (χ3n) is 5.03. The van der Waals surface area contributed by atoms with Crippen LogP contribution in [0.25, 0.3) is 0 Å². The number of nitrogens with zero attached hydrogens (tertiary/aromatic N) is 4. The number of amides is 2. The average molecular weight is 431 g/mol. The first-order valence-electron chi connectivity index (χ1n) is 8.66. The lowest BCUT2D eigenvalue weighted by molar-refractivity contribution is -0.201. The van der Waals surface area contributed by atoms with Gasteiger partial charge in [-0.15, -0.1) is 11.8 Å². The normalized spacial score (nSPS) is 26.2. The largest absolute Gasteiger partial charge is 0.480 e. The Bertz CT molecular complexity index is 1060. The molecule has 1 aromatic rings. The molecular formula is C18H17N5O6S. The van der Waals surface area contributed by atoms with Crippen molar-refractivity contribution in [1.29, 1.82) is 10.5 Å². The van der Waals surface area contributed by atoms with Crippen molar-refractivity contribution < 1.29 is 24.2 Å². The molecule has 12 heteroatoms. The van der Waals surface area contributed by atoms with Crippen molar-refractivity contribution in [3.05, 3.63) is 33.7 Å². The number of hydrogen-bond donors (Lipinski definition) is 2. The van der Waals surface area contributed by atoms with Gasteiger partial charge in [0.1, 0.15) is 41.2 Å². The van der Waals surface area contributed by atoms with Crippen LogP contribution in [0, 0.1) is 22.7 Å². The topological polar surface area (TPSA) is 166 Å². The number of nitrogens with one attached hydrogen (secondary N) is 1. The fraction of sp³-hybridized carbons (Fsp3) is 0.444. The van der Waals surface area contributed by atoms with Gasteiger partial charge in [-0.2, -0.15) is 10.5 Å². The number of aliphatic carboxylic acids is 1. The zero-order valence-corrected chi connectivity index (χ0v) is 17.0. The minimum atomic E-state index is -1.74. The third-order valence-corrected chi connectivity index (χ3v) is 6.64. The number of nitriles is 2. The average Bonchev–Trinajstić information content (AvgIpc) is 2.96. The molecule has 2 N–H and O–H groups in total. The first kappa shape index (κ1) is 21.4. The molecule has 0 aromatic carbocycles. The van der Waals surface area contributed by atoms with E-state index in [4.69, 9.17) is 15.3 Å². The quantitative estimate of drug-likeness (QED) is 0.448. The fourth-order valence-corrected chi connectivity index (χ4v) is 5.35. The lowest BCUT2D eigenvalue weighted by Gasteiger charge is -2.51. The van der Waals surface area contributed by atoms with E-state index in [1.807, 2.05) is 0 Å². The third kappa shape index (κ3) is 3.01. The number of rotatable bonds is 5. The summed E-state index contributed by atoms with van der Waals surface area (Å²) in [7, 11) is 1.23. The van der Waals surface area contributed by atoms with Gasteiger partial charge in [0.15, 0.2) is 0 Å². The van der Waals surface area contributed by atoms with Crippen LogP contribution < -0.4 is 10.7 Å². The van der Waals surface area contributed by atoms with Crippen LogP contribution in [0.3, 0.4) is 0 Å². The number of hydrogen-bond acceptors (Lipinski definition) is 8. The highest BCUT2D eigenvalue weighted by atomic mass is 32.2. The Morgan fingerprint density at radius 1 is 1.27 bits per heavy atom. The number of pyridine rings is 1. The molecule has 0 saturated carbocycles. The monoisotopic (exact) mass is 431 g/mol. The SMILES string of the molecule is CO[C@@]1(NC(=O)Cn2cc(C#N)c(=O)c(C#N)c2)C(=O)N2[C@@H](C(=O)O)C(C)(C)S[C@@H]21. The number of fused-ring (bicyclic) bond motifs is 1. The summed E-state index contributed by atoms with van der Waals surface area (Å²) in [5.41, 5.74) is -3.07. The van der Waals surface area contributed by atoms with E-state index in [0.717, 1.165) is 12.4 Å². The molecule has 0 spiro atoms. The van der Waals surface area contributed by atoms with Crippen molar-refractivity contribution >= 4 is 29.5 Å². The molecule has 0 radical (unpaired) electrons. The second kappa shape index (κ2) is 7.16. The number of carboxylic acid groups (broad SMARTS) is 1. The maximum absolute atomic E-state index is 12.8. The van der Waals surface area contributed by atoms with Gasteiger partial charge in [-0.1, -0.05) is 0 Å². The Morgan fingerprint density at radius 2 is 1.83 bits per heavy atom. The minimum absolute atomic E-state index is 0.299. The van der Waals surface area contributed by atoms with Crippen molar-refractivity contribution in [2.45, 2.75) is 42.3 Å². The molecule has 11 nitrogen and oxygen atoms in total. The second-order valence-corrected chi connectivity index (χ2v) is 9.06. The fourth-order valence-electron chi connectivity index (χ4n) is 3.68. The molecule has 2 saturated heterocycles. The zero-order chi connectivity index (χ0) is 22.4. The number of thioether (sulfide) groups is 1. The highest BCUT2D eigenvalue weighted by molar-refractivity contribution is 8.01. The summed E-state index contributed by atoms with van der Waals surface area (Å²) in [4.78, 5) is 50.1. The molecular weight excluding hydrogens is 414 g/mol. The molecule has 2 fully saturated rings. The standard InChI is InChI=1S/C18H17N5O6S/c1-17(2)13(14(26)27)23-15(28)18(29-3,16(23)30-17)21-11(24)8-22-6-9(4-19)12(25)10(5-20)7-22/h6-7,13,16H,8H2,1-3H3,(H,21,24)(H,26,27)/t13-,16+,18-/m0/s1. The number of ether oxygens (including phenoxy) is 1. The number of methoxy groups -OCH3 is 1. The van der Waals surface area contributed by atoms with Gasteiger partial charge in [0.25, 0.3) is 11.6 Å². The van der Waals surface area contributed by atoms with Crippen molar-refractivity contribution in [3.8, 4) is 12.1 Å². The number of carbonyl (C=O) groups is 3. The molecule has 30 heavy (non-hydrogen) atoms. The van der Waals surface area contributed by atoms with E-state index in [2.05, 4.69) is 5.32 Å². The van der Waals surface area contributed by atoms with E-state index in [-0.39, 0.29) is 11.1 Å². The molecule has 2 amide bonds. The van der Waals surface area contributed by atoms with Crippen molar-refractivity contribution in [2.24, 2.45) is 0 Å². The van der Waals surface area contributed by atoms with Crippen LogP contribution in [-0.4, -0.2) is 61.4 Å². The lowest BCUT2D eigenvalue weighted by atomic mass is 9.93. The summed E-state index contributed by atoms with van der Waals surface area (Å²) in [6.07, 6.45) is 2.26. The van der Waals surface area contributed by atoms with Crippen LogP contribution in [-0.2, 0) is 25.7 Å². The Kier molecular flexibility index (Phi) is 5.10. The lowest BCUT2D eigenvalue weighted by Crippen LogP contribution is -2.80. The zero-order valence-electron chi connectivity index (χ0n) is 16.2. The second-order valence-electron chi connectivity index (χ2n) is 7.33. The van der Waals surface area contributed by atoms with E-state index in [0.29, 0.717) is 0 Å². The molecule has 2 aliphatic rings. The molecule has 2 aliphatic heterocycles. The van der Waals surface area contributed by atoms with E-state index in [9.17, 15) is 24.3 Å². The summed E-state index contributed by atoms with van der Waals surface area (Å²) in [6.45, 7) is 2.99. The van der Waals surface area contributed by atoms with E-state index < -0.39 is 51.6 Å². The first-order chi connectivity index (χ1) is 14.0. The van der Waals surface area contributed by atoms with Gasteiger partial charge in [0.05, 0.1) is 0 Å². The van der Waals surface area contributed by atoms with E-state index in [1.165, 1.54) is 28.3 Å². The predicted octanol–water partition coefficient (Wildman–Crippen LogP) is -0.803. The van der Waals surface area contributed by atoms with Crippen molar-refractivity contribution in [1.82, 2.24) is 14.8 Å². The van der Waals surface area contributed by atoms with Gasteiger partial charge in [0.2, 0.25) is 11.3 Å². The van der Waals surface area contributed by atoms with E-state index in [1.54, 1.807) is 26.0 Å². The van der Waals surface area contributed by atoms with Crippen LogP contribution in [0.15, 0.2) is 17.2 Å². The molecule has 3 atom stereocenters. The number of β-lactam (4-membered cyclic amide) rings is 1. The molecule has 0 aliphatic carbocycles. The molecule has 0 bridgehead atoms. The predicted molar refractivity (Wildman–Crippen MR) is 102 cm³/mol. The maximum Gasteiger partial charge on any atom is 0.327 e. The summed E-state index contributed by atoms with van der Waals surface area (Å²) < 4.78 is 5.72. The van der Waals surface area contributed by atoms with Crippen molar-refractivity contribution in [3.63, 3.8) is 0 Å². The van der Waals surface area contributed by atoms with Crippen LogP contribution in [0.2, 0.25) is 0 Å². The van der Waals surface area contributed by atoms with Gasteiger partial charge >= 0.3 is 5.97 Å². The summed E-state index contributed by atoms with van der Waals surface area (Å²) in [5, 5.41) is 29.3. The molecule has 156 valence electrons. The van der Waals surface area contributed by atoms with Gasteiger partial charge in [0, 0.05) is 24.3 Å². The van der Waals surface area contributed by atoms with Crippen molar-refractivity contribution in [2.75, 3.05) is 7.11 Å². The number of carbonyl (C=O) groups excluding carboxylic acids is 2. The summed E-state index contributed by atoms with van der Waals surface area (Å²) in [5.74, 6) is -2.51. The van der Waals surface area contributed by atoms with Gasteiger partial charge in [-0.25, -0.2) is 4.79 Å². The van der Waals surface area contributed by atoms with Crippen LogP contribution in [0.1, 0.15) is 25.0 Å². The summed E-state index contributed by atoms with van der Waals surface area (Å²) in [6, 6.07) is 2.26. The van der Waals surface area contributed by atoms with Gasteiger partial charge < -0.3 is 24.6 Å². The number of aromatic nitrogens is 1. The molecule has 0 unspecified atom stereocenters. The van der Waals surface area contributed by atoms with Crippen LogP contribution in [0.4, 0.5) is 0 Å². The molecule has 3 rings (SSSR count). The molecule has 1 aromatic heterocycles. The smallest absolute Gasteiger partial charge is 0.327 e. The van der Waals surface area contributed by atoms with Crippen LogP contribution in [0.5, 0.6) is 0 Å². The van der Waals surface area contributed by atoms with E-state index >= 15 is 0 Å². The maximum atomic E-state index is 12.8. The Hall–Kier alpha value is -3.35. The highest BCUT2D eigenvalue weighted by Gasteiger charge is 2.73. The Labute approximate surface area is 174 Å². The first-order valence-corrected chi connectivity index (χ1v) is 9.54. The van der Waals surface area contributed by atoms with Gasteiger partial charge in [-0.05, 0) is 13.8 Å². The van der Waals surface area contributed by atoms with Crippen LogP contribution >= 0.6 is 11.8 Å². The Morgan fingerprint density at radius 3 is 2.30 bits per heavy atom. The highest BCUT2D eigenvalue weighted by Crippen LogP contribution is 2.55. The minimum Gasteiger partial charge on any atom is -0.480 e. The van der Waals surface area contributed by atoms with Gasteiger partial charge in [-0.3, -0.25) is 14.4 Å². The number of carboxylic acids is 1. The molecule has 3 heterocycles.